The van der Waals surface area contributed by atoms with Gasteiger partial charge in [-0.3, -0.25) is 4.90 Å². The molecule has 1 saturated heterocycles. The van der Waals surface area contributed by atoms with Gasteiger partial charge in [0.15, 0.2) is 0 Å². The molecule has 26 heavy (non-hydrogen) atoms. The summed E-state index contributed by atoms with van der Waals surface area (Å²) in [5.41, 5.74) is 3.53. The summed E-state index contributed by atoms with van der Waals surface area (Å²) in [5, 5.41) is 3.03. The van der Waals surface area contributed by atoms with E-state index in [4.69, 9.17) is 4.74 Å². The first-order valence-electron chi connectivity index (χ1n) is 9.10. The minimum absolute atomic E-state index is 0.0153. The first kappa shape index (κ1) is 18.4. The average molecular weight is 353 g/mol. The Bertz CT molecular complexity index is 697. The first-order valence-corrected chi connectivity index (χ1v) is 9.10. The smallest absolute Gasteiger partial charge is 0.317 e. The number of nitrogens with one attached hydrogen (secondary N) is 1. The molecule has 138 valence electrons. The second kappa shape index (κ2) is 9.36. The number of ether oxygens (including phenoxy) is 1. The maximum Gasteiger partial charge on any atom is 0.317 e. The van der Waals surface area contributed by atoms with Gasteiger partial charge in [0.1, 0.15) is 0 Å². The molecule has 2 amide bonds. The third-order valence-electron chi connectivity index (χ3n) is 4.65. The molecule has 0 bridgehead atoms. The molecule has 3 rings (SSSR count). The molecule has 0 aromatic heterocycles. The molecule has 0 radical (unpaired) electrons. The normalized spacial score (nSPS) is 15.0. The van der Waals surface area contributed by atoms with Crippen LogP contribution in [0.1, 0.15) is 16.7 Å². The largest absolute Gasteiger partial charge is 0.380 e. The van der Waals surface area contributed by atoms with Crippen LogP contribution in [-0.2, 0) is 24.4 Å². The molecule has 1 aliphatic rings. The third kappa shape index (κ3) is 5.31. The second-order valence-corrected chi connectivity index (χ2v) is 6.66. The van der Waals surface area contributed by atoms with Crippen LogP contribution < -0.4 is 5.32 Å². The fourth-order valence-corrected chi connectivity index (χ4v) is 3.24. The van der Waals surface area contributed by atoms with Crippen LogP contribution in [0.4, 0.5) is 4.79 Å². The molecule has 1 N–H and O–H groups in total. The van der Waals surface area contributed by atoms with Crippen molar-refractivity contribution in [1.29, 1.82) is 0 Å². The maximum atomic E-state index is 12.4. The van der Waals surface area contributed by atoms with Crippen molar-refractivity contribution < 1.29 is 9.53 Å². The predicted octanol–water partition coefficient (Wildman–Crippen LogP) is 2.86. The average Bonchev–Trinajstić information content (AvgIpc) is 2.68. The summed E-state index contributed by atoms with van der Waals surface area (Å²) >= 11 is 0. The fourth-order valence-electron chi connectivity index (χ4n) is 3.24. The van der Waals surface area contributed by atoms with E-state index in [-0.39, 0.29) is 6.03 Å². The number of piperazine rings is 1. The Morgan fingerprint density at radius 2 is 1.65 bits per heavy atom. The van der Waals surface area contributed by atoms with Gasteiger partial charge < -0.3 is 15.0 Å². The lowest BCUT2D eigenvalue weighted by molar-refractivity contribution is 0.135. The predicted molar refractivity (Wildman–Crippen MR) is 103 cm³/mol. The van der Waals surface area contributed by atoms with Gasteiger partial charge in [-0.1, -0.05) is 54.6 Å². The Hall–Kier alpha value is -2.37. The van der Waals surface area contributed by atoms with E-state index in [2.05, 4.69) is 40.5 Å². The lowest BCUT2D eigenvalue weighted by Crippen LogP contribution is -2.51. The van der Waals surface area contributed by atoms with E-state index in [0.717, 1.165) is 43.9 Å². The maximum absolute atomic E-state index is 12.4. The van der Waals surface area contributed by atoms with Gasteiger partial charge in [-0.2, -0.15) is 0 Å². The summed E-state index contributed by atoms with van der Waals surface area (Å²) in [6.07, 6.45) is 0. The van der Waals surface area contributed by atoms with Crippen molar-refractivity contribution in [1.82, 2.24) is 15.1 Å². The number of nitrogens with zero attached hydrogens (tertiary/aromatic N) is 2. The number of hydrogen-bond acceptors (Lipinski definition) is 3. The minimum atomic E-state index is 0.0153. The second-order valence-electron chi connectivity index (χ2n) is 6.66. The first-order chi connectivity index (χ1) is 12.7. The monoisotopic (exact) mass is 353 g/mol. The van der Waals surface area contributed by atoms with Crippen LogP contribution in [0.2, 0.25) is 0 Å². The summed E-state index contributed by atoms with van der Waals surface area (Å²) in [7, 11) is 1.69. The van der Waals surface area contributed by atoms with Crippen LogP contribution in [-0.4, -0.2) is 49.1 Å². The van der Waals surface area contributed by atoms with Gasteiger partial charge in [-0.05, 0) is 16.7 Å². The lowest BCUT2D eigenvalue weighted by atomic mass is 10.1. The van der Waals surface area contributed by atoms with E-state index in [1.807, 2.05) is 29.2 Å². The van der Waals surface area contributed by atoms with Gasteiger partial charge in [0.25, 0.3) is 0 Å². The topological polar surface area (TPSA) is 44.8 Å². The van der Waals surface area contributed by atoms with Crippen LogP contribution >= 0.6 is 0 Å². The van der Waals surface area contributed by atoms with Gasteiger partial charge in [0, 0.05) is 46.4 Å². The fraction of sp³-hybridized carbons (Fsp3) is 0.381. The molecule has 2 aromatic carbocycles. The molecule has 1 fully saturated rings. The zero-order valence-electron chi connectivity index (χ0n) is 15.4. The molecular weight excluding hydrogens is 326 g/mol. The van der Waals surface area contributed by atoms with Crippen molar-refractivity contribution in [3.8, 4) is 0 Å². The molecule has 5 nitrogen and oxygen atoms in total. The molecule has 1 heterocycles. The highest BCUT2D eigenvalue weighted by molar-refractivity contribution is 5.74. The Balaban J connectivity index is 1.43. The highest BCUT2D eigenvalue weighted by Gasteiger charge is 2.20. The standard InChI is InChI=1S/C21H27N3O2/c1-26-17-20-9-5-8-19(14-20)15-22-21(25)24-12-10-23(11-13-24)16-18-6-3-2-4-7-18/h2-9,14H,10-13,15-17H2,1H3,(H,22,25). The third-order valence-corrected chi connectivity index (χ3v) is 4.65. The van der Waals surface area contributed by atoms with E-state index in [9.17, 15) is 4.79 Å². The van der Waals surface area contributed by atoms with Crippen LogP contribution in [0.25, 0.3) is 0 Å². The SMILES string of the molecule is COCc1cccc(CNC(=O)N2CCN(Cc3ccccc3)CC2)c1. The van der Waals surface area contributed by atoms with E-state index in [1.54, 1.807) is 7.11 Å². The van der Waals surface area contributed by atoms with E-state index in [0.29, 0.717) is 13.2 Å². The Morgan fingerprint density at radius 1 is 0.962 bits per heavy atom. The van der Waals surface area contributed by atoms with Crippen molar-refractivity contribution >= 4 is 6.03 Å². The van der Waals surface area contributed by atoms with Crippen molar-refractivity contribution in [2.75, 3.05) is 33.3 Å². The van der Waals surface area contributed by atoms with Crippen molar-refractivity contribution in [3.05, 3.63) is 71.3 Å². The number of urea groups is 1. The van der Waals surface area contributed by atoms with Crippen LogP contribution in [0.5, 0.6) is 0 Å². The van der Waals surface area contributed by atoms with Crippen LogP contribution in [0.15, 0.2) is 54.6 Å². The van der Waals surface area contributed by atoms with E-state index < -0.39 is 0 Å². The molecule has 1 aliphatic heterocycles. The van der Waals surface area contributed by atoms with Gasteiger partial charge in [0.05, 0.1) is 6.61 Å². The molecule has 2 aromatic rings. The number of carbonyl (C=O) groups is 1. The highest BCUT2D eigenvalue weighted by atomic mass is 16.5. The van der Waals surface area contributed by atoms with Crippen molar-refractivity contribution in [2.24, 2.45) is 0 Å². The lowest BCUT2D eigenvalue weighted by Gasteiger charge is -2.34. The van der Waals surface area contributed by atoms with E-state index in [1.165, 1.54) is 5.56 Å². The molecule has 0 aliphatic carbocycles. The molecular formula is C21H27N3O2. The number of carbonyl (C=O) groups excluding carboxylic acids is 1. The number of rotatable bonds is 6. The molecule has 0 spiro atoms. The summed E-state index contributed by atoms with van der Waals surface area (Å²) in [4.78, 5) is 16.7. The molecule has 0 atom stereocenters. The summed E-state index contributed by atoms with van der Waals surface area (Å²) in [5.74, 6) is 0. The molecule has 5 heteroatoms. The summed E-state index contributed by atoms with van der Waals surface area (Å²) in [6.45, 7) is 5.43. The molecule has 0 unspecified atom stereocenters. The number of amides is 2. The zero-order valence-corrected chi connectivity index (χ0v) is 15.4. The summed E-state index contributed by atoms with van der Waals surface area (Å²) < 4.78 is 5.16. The van der Waals surface area contributed by atoms with Crippen LogP contribution in [0.3, 0.4) is 0 Å². The minimum Gasteiger partial charge on any atom is -0.380 e. The molecule has 0 saturated carbocycles. The highest BCUT2D eigenvalue weighted by Crippen LogP contribution is 2.09. The van der Waals surface area contributed by atoms with Gasteiger partial charge in [-0.25, -0.2) is 4.79 Å². The van der Waals surface area contributed by atoms with Gasteiger partial charge >= 0.3 is 6.03 Å². The van der Waals surface area contributed by atoms with Gasteiger partial charge in [0.2, 0.25) is 0 Å². The quantitative estimate of drug-likeness (QED) is 0.869. The number of benzene rings is 2. The Labute approximate surface area is 155 Å². The Morgan fingerprint density at radius 3 is 2.38 bits per heavy atom. The number of hydrogen-bond donors (Lipinski definition) is 1. The van der Waals surface area contributed by atoms with E-state index >= 15 is 0 Å². The van der Waals surface area contributed by atoms with Gasteiger partial charge in [-0.15, -0.1) is 0 Å². The zero-order chi connectivity index (χ0) is 18.2. The summed E-state index contributed by atoms with van der Waals surface area (Å²) in [6, 6.07) is 18.6. The van der Waals surface area contributed by atoms with Crippen molar-refractivity contribution in [2.45, 2.75) is 19.7 Å². The Kier molecular flexibility index (Phi) is 6.63. The van der Waals surface area contributed by atoms with Crippen molar-refractivity contribution in [3.63, 3.8) is 0 Å². The number of methoxy groups -OCH3 is 1. The van der Waals surface area contributed by atoms with Crippen LogP contribution in [0, 0.1) is 0 Å².